The largest absolute Gasteiger partial charge is 0.490 e. The van der Waals surface area contributed by atoms with Gasteiger partial charge in [-0.2, -0.15) is 18.3 Å². The number of carbonyl (C=O) groups excluding carboxylic acids is 1. The molecule has 1 aromatic rings. The average Bonchev–Trinajstić information content (AvgIpc) is 2.89. The van der Waals surface area contributed by atoms with Gasteiger partial charge in [0.25, 0.3) is 0 Å². The summed E-state index contributed by atoms with van der Waals surface area (Å²) in [6, 6.07) is 0. The summed E-state index contributed by atoms with van der Waals surface area (Å²) < 4.78 is 45.1. The lowest BCUT2D eigenvalue weighted by atomic mass is 10.0. The van der Waals surface area contributed by atoms with E-state index >= 15 is 0 Å². The maximum absolute atomic E-state index is 11.6. The SMILES string of the molecule is CN1CC2(COCCN(Cc3cnn(C)c3)C2)OCC1=O.O=C(O)C(F)(F)F. The van der Waals surface area contributed by atoms with Gasteiger partial charge in [-0.05, 0) is 0 Å². The minimum Gasteiger partial charge on any atom is -0.475 e. The summed E-state index contributed by atoms with van der Waals surface area (Å²) in [7, 11) is 3.74. The molecule has 3 heterocycles. The van der Waals surface area contributed by atoms with E-state index in [0.29, 0.717) is 19.8 Å². The van der Waals surface area contributed by atoms with Gasteiger partial charge in [-0.3, -0.25) is 14.4 Å². The van der Waals surface area contributed by atoms with Gasteiger partial charge in [0.2, 0.25) is 5.91 Å². The Morgan fingerprint density at radius 3 is 2.57 bits per heavy atom. The zero-order valence-corrected chi connectivity index (χ0v) is 15.6. The molecule has 0 saturated carbocycles. The lowest BCUT2D eigenvalue weighted by Crippen LogP contribution is -2.59. The number of hydrogen-bond acceptors (Lipinski definition) is 6. The van der Waals surface area contributed by atoms with Crippen LogP contribution in [0.2, 0.25) is 0 Å². The third-order valence-corrected chi connectivity index (χ3v) is 4.29. The van der Waals surface area contributed by atoms with Crippen LogP contribution in [-0.4, -0.2) is 94.8 Å². The third-order valence-electron chi connectivity index (χ3n) is 4.29. The normalized spacial score (nSPS) is 23.9. The van der Waals surface area contributed by atoms with Crippen LogP contribution in [0.5, 0.6) is 0 Å². The molecule has 1 aromatic heterocycles. The summed E-state index contributed by atoms with van der Waals surface area (Å²) in [5, 5.41) is 11.3. The van der Waals surface area contributed by atoms with Crippen LogP contribution >= 0.6 is 0 Å². The van der Waals surface area contributed by atoms with Crippen LogP contribution in [0.1, 0.15) is 5.56 Å². The number of ether oxygens (including phenoxy) is 2. The zero-order valence-electron chi connectivity index (χ0n) is 15.6. The second-order valence-corrected chi connectivity index (χ2v) is 6.81. The Balaban J connectivity index is 0.000000345. The average molecular weight is 408 g/mol. The number of alkyl halides is 3. The number of likely N-dealkylation sites (N-methyl/N-ethyl adjacent to an activating group) is 1. The number of carbonyl (C=O) groups is 2. The Kier molecular flexibility index (Phi) is 7.01. The topological polar surface area (TPSA) is 97.1 Å². The molecule has 1 N–H and O–H groups in total. The number of aliphatic carboxylic acids is 1. The fraction of sp³-hybridized carbons (Fsp3) is 0.688. The van der Waals surface area contributed by atoms with Crippen molar-refractivity contribution in [3.63, 3.8) is 0 Å². The summed E-state index contributed by atoms with van der Waals surface area (Å²) in [5.41, 5.74) is 0.760. The van der Waals surface area contributed by atoms with E-state index in [0.717, 1.165) is 19.6 Å². The smallest absolute Gasteiger partial charge is 0.475 e. The van der Waals surface area contributed by atoms with Crippen molar-refractivity contribution < 1.29 is 37.3 Å². The van der Waals surface area contributed by atoms with Crippen LogP contribution in [0.4, 0.5) is 13.2 Å². The summed E-state index contributed by atoms with van der Waals surface area (Å²) in [6.07, 6.45) is -1.17. The van der Waals surface area contributed by atoms with Crippen LogP contribution in [0.15, 0.2) is 12.4 Å². The highest BCUT2D eigenvalue weighted by Gasteiger charge is 2.41. The molecule has 1 spiro atoms. The number of amides is 1. The first kappa shape index (κ1) is 22.1. The van der Waals surface area contributed by atoms with E-state index in [1.807, 2.05) is 31.2 Å². The van der Waals surface area contributed by atoms with Crippen molar-refractivity contribution in [2.75, 3.05) is 46.5 Å². The lowest BCUT2D eigenvalue weighted by molar-refractivity contribution is -0.192. The van der Waals surface area contributed by atoms with Gasteiger partial charge in [-0.15, -0.1) is 0 Å². The molecule has 28 heavy (non-hydrogen) atoms. The van der Waals surface area contributed by atoms with Crippen LogP contribution in [0.25, 0.3) is 0 Å². The maximum atomic E-state index is 11.6. The molecule has 0 aliphatic carbocycles. The van der Waals surface area contributed by atoms with Gasteiger partial charge in [-0.25, -0.2) is 4.79 Å². The fourth-order valence-corrected chi connectivity index (χ4v) is 3.00. The Morgan fingerprint density at radius 2 is 2.04 bits per heavy atom. The van der Waals surface area contributed by atoms with Gasteiger partial charge in [-0.1, -0.05) is 0 Å². The highest BCUT2D eigenvalue weighted by Crippen LogP contribution is 2.23. The number of carboxylic acid groups (broad SMARTS) is 1. The van der Waals surface area contributed by atoms with E-state index in [9.17, 15) is 18.0 Å². The first-order valence-corrected chi connectivity index (χ1v) is 8.46. The van der Waals surface area contributed by atoms with Gasteiger partial charge >= 0.3 is 12.1 Å². The second kappa shape index (κ2) is 8.88. The summed E-state index contributed by atoms with van der Waals surface area (Å²) in [5.74, 6) is -2.73. The molecule has 2 aliphatic rings. The van der Waals surface area contributed by atoms with Gasteiger partial charge in [0.05, 0.1) is 26.0 Å². The molecule has 158 valence electrons. The number of aryl methyl sites for hydroxylation is 1. The van der Waals surface area contributed by atoms with Crippen molar-refractivity contribution in [3.05, 3.63) is 18.0 Å². The number of nitrogens with zero attached hydrogens (tertiary/aromatic N) is 4. The molecule has 1 unspecified atom stereocenters. The van der Waals surface area contributed by atoms with E-state index in [2.05, 4.69) is 10.00 Å². The van der Waals surface area contributed by atoms with Crippen molar-refractivity contribution >= 4 is 11.9 Å². The van der Waals surface area contributed by atoms with Gasteiger partial charge in [0.1, 0.15) is 12.2 Å². The predicted molar refractivity (Wildman–Crippen MR) is 89.3 cm³/mol. The quantitative estimate of drug-likeness (QED) is 0.742. The molecule has 1 atom stereocenters. The summed E-state index contributed by atoms with van der Waals surface area (Å²) >= 11 is 0. The molecule has 2 saturated heterocycles. The number of hydrogen-bond donors (Lipinski definition) is 1. The fourth-order valence-electron chi connectivity index (χ4n) is 3.00. The lowest BCUT2D eigenvalue weighted by Gasteiger charge is -2.41. The highest BCUT2D eigenvalue weighted by molar-refractivity contribution is 5.78. The highest BCUT2D eigenvalue weighted by atomic mass is 19.4. The molecule has 12 heteroatoms. The molecular weight excluding hydrogens is 385 g/mol. The first-order valence-electron chi connectivity index (χ1n) is 8.46. The Bertz CT molecular complexity index is 696. The minimum atomic E-state index is -5.08. The summed E-state index contributed by atoms with van der Waals surface area (Å²) in [6.45, 7) is 4.38. The van der Waals surface area contributed by atoms with Gasteiger partial charge < -0.3 is 19.5 Å². The monoisotopic (exact) mass is 408 g/mol. The van der Waals surface area contributed by atoms with Gasteiger partial charge in [0, 0.05) is 45.5 Å². The minimum absolute atomic E-state index is 0.0312. The standard InChI is InChI=1S/C14H22N4O3.C2HF3O2/c1-16-9-14(21-8-13(16)19)10-18(3-4-20-11-14)7-12-5-15-17(2)6-12;3-2(4,5)1(6)7/h5-6H,3-4,7-11H2,1-2H3;(H,6,7). The molecule has 0 aromatic carbocycles. The molecule has 2 aliphatic heterocycles. The molecule has 0 bridgehead atoms. The Labute approximate surface area is 159 Å². The van der Waals surface area contributed by atoms with Crippen molar-refractivity contribution in [1.82, 2.24) is 19.6 Å². The Morgan fingerprint density at radius 1 is 1.36 bits per heavy atom. The molecule has 3 rings (SSSR count). The van der Waals surface area contributed by atoms with Crippen LogP contribution in [0, 0.1) is 0 Å². The van der Waals surface area contributed by atoms with E-state index in [1.54, 1.807) is 4.90 Å². The second-order valence-electron chi connectivity index (χ2n) is 6.81. The molecular formula is C16H23F3N4O5. The van der Waals surface area contributed by atoms with Crippen LogP contribution in [0.3, 0.4) is 0 Å². The number of morpholine rings is 1. The Hall–Kier alpha value is -2.18. The molecule has 1 amide bonds. The van der Waals surface area contributed by atoms with E-state index in [-0.39, 0.29) is 12.5 Å². The molecule has 0 radical (unpaired) electrons. The maximum Gasteiger partial charge on any atom is 0.490 e. The van der Waals surface area contributed by atoms with Crippen molar-refractivity contribution in [1.29, 1.82) is 0 Å². The third kappa shape index (κ3) is 6.17. The van der Waals surface area contributed by atoms with Crippen molar-refractivity contribution in [3.8, 4) is 0 Å². The number of halogens is 3. The number of aromatic nitrogens is 2. The first-order chi connectivity index (χ1) is 13.0. The molecule has 9 nitrogen and oxygen atoms in total. The van der Waals surface area contributed by atoms with E-state index in [1.165, 1.54) is 5.56 Å². The van der Waals surface area contributed by atoms with E-state index < -0.39 is 17.7 Å². The van der Waals surface area contributed by atoms with Crippen LogP contribution < -0.4 is 0 Å². The van der Waals surface area contributed by atoms with Crippen LogP contribution in [-0.2, 0) is 32.7 Å². The number of carboxylic acids is 1. The predicted octanol–water partition coefficient (Wildman–Crippen LogP) is 0.113. The van der Waals surface area contributed by atoms with E-state index in [4.69, 9.17) is 19.4 Å². The summed E-state index contributed by atoms with van der Waals surface area (Å²) in [4.78, 5) is 24.6. The van der Waals surface area contributed by atoms with Crippen molar-refractivity contribution in [2.45, 2.75) is 18.3 Å². The van der Waals surface area contributed by atoms with Gasteiger partial charge in [0.15, 0.2) is 0 Å². The van der Waals surface area contributed by atoms with Crippen molar-refractivity contribution in [2.24, 2.45) is 7.05 Å². The molecule has 2 fully saturated rings. The zero-order chi connectivity index (χ0) is 20.9. The number of rotatable bonds is 2.